The van der Waals surface area contributed by atoms with E-state index in [0.29, 0.717) is 12.1 Å². The molecule has 1 rings (SSSR count). The zero-order chi connectivity index (χ0) is 13.9. The van der Waals surface area contributed by atoms with Crippen LogP contribution < -0.4 is 0 Å². The number of rotatable bonds is 2. The Kier molecular flexibility index (Phi) is 3.55. The zero-order valence-corrected chi connectivity index (χ0v) is 8.52. The Morgan fingerprint density at radius 2 is 1.72 bits per heavy atom. The van der Waals surface area contributed by atoms with Gasteiger partial charge in [-0.15, -0.1) is 0 Å². The minimum absolute atomic E-state index is 0.464. The van der Waals surface area contributed by atoms with Gasteiger partial charge in [-0.3, -0.25) is 10.1 Å². The highest BCUT2D eigenvalue weighted by molar-refractivity contribution is 5.70. The van der Waals surface area contributed by atoms with E-state index in [1.807, 2.05) is 0 Å². The molecule has 0 aliphatic heterocycles. The van der Waals surface area contributed by atoms with E-state index in [2.05, 4.69) is 0 Å². The number of allylic oxidation sites excluding steroid dienone is 1. The first-order valence-electron chi connectivity index (χ1n) is 4.29. The highest BCUT2D eigenvalue weighted by Crippen LogP contribution is 2.26. The van der Waals surface area contributed by atoms with Crippen LogP contribution in [0, 0.1) is 44.4 Å². The maximum atomic E-state index is 13.2. The first kappa shape index (κ1) is 13.1. The number of nitro groups is 1. The van der Waals surface area contributed by atoms with Gasteiger partial charge >= 0.3 is 5.69 Å². The number of hydrogen-bond acceptors (Lipinski definition) is 5. The van der Waals surface area contributed by atoms with Gasteiger partial charge in [-0.2, -0.15) is 19.3 Å². The quantitative estimate of drug-likeness (QED) is 0.374. The first-order valence-corrected chi connectivity index (χ1v) is 4.29. The molecule has 0 radical (unpaired) electrons. The fraction of sp³-hybridized carbons (Fsp3) is 0. The summed E-state index contributed by atoms with van der Waals surface area (Å²) in [5.74, 6) is -3.98. The topological polar surface area (TPSA) is 111 Å². The summed E-state index contributed by atoms with van der Waals surface area (Å²) < 4.78 is 26.4. The fourth-order valence-corrected chi connectivity index (χ4v) is 1.15. The van der Waals surface area contributed by atoms with Gasteiger partial charge in [0.1, 0.15) is 12.1 Å². The van der Waals surface area contributed by atoms with Gasteiger partial charge in [0.25, 0.3) is 0 Å². The molecule has 8 heteroatoms. The number of halogens is 2. The molecular weight excluding hydrogens is 248 g/mol. The van der Waals surface area contributed by atoms with Gasteiger partial charge in [0.05, 0.1) is 4.92 Å². The van der Waals surface area contributed by atoms with E-state index in [1.165, 1.54) is 12.1 Å². The van der Waals surface area contributed by atoms with E-state index in [9.17, 15) is 24.0 Å². The molecule has 0 atom stereocenters. The Hall–Kier alpha value is -3.00. The number of hydrogen-bond donors (Lipinski definition) is 1. The smallest absolute Gasteiger partial charge is 0.340 e. The molecule has 0 bridgehead atoms. The predicted octanol–water partition coefficient (Wildman–Crippen LogP) is 2.19. The number of nitro benzene ring substituents is 1. The molecule has 18 heavy (non-hydrogen) atoms. The maximum Gasteiger partial charge on any atom is 0.340 e. The van der Waals surface area contributed by atoms with Gasteiger partial charge in [0.15, 0.2) is 11.3 Å². The van der Waals surface area contributed by atoms with Crippen molar-refractivity contribution in [2.24, 2.45) is 0 Å². The molecule has 1 aromatic rings. The summed E-state index contributed by atoms with van der Waals surface area (Å²) >= 11 is 0. The van der Waals surface area contributed by atoms with E-state index < -0.39 is 39.1 Å². The second kappa shape index (κ2) is 4.89. The summed E-state index contributed by atoms with van der Waals surface area (Å²) in [4.78, 5) is 9.06. The number of nitrogens with zero attached hydrogens (tertiary/aromatic N) is 3. The molecule has 1 aromatic carbocycles. The zero-order valence-electron chi connectivity index (χ0n) is 8.52. The van der Waals surface area contributed by atoms with Gasteiger partial charge < -0.3 is 5.11 Å². The predicted molar refractivity (Wildman–Crippen MR) is 53.8 cm³/mol. The number of aliphatic hydroxyl groups excluding tert-OH is 1. The molecule has 6 nitrogen and oxygen atoms in total. The maximum absolute atomic E-state index is 13.2. The van der Waals surface area contributed by atoms with Crippen molar-refractivity contribution in [1.29, 1.82) is 10.5 Å². The van der Waals surface area contributed by atoms with Crippen molar-refractivity contribution in [3.05, 3.63) is 45.0 Å². The van der Waals surface area contributed by atoms with Crippen molar-refractivity contribution < 1.29 is 18.8 Å². The van der Waals surface area contributed by atoms with Crippen LogP contribution in [0.1, 0.15) is 5.56 Å². The van der Waals surface area contributed by atoms with E-state index in [4.69, 9.17) is 10.5 Å². The standard InChI is InChI=1S/C10H3F2N3O3/c11-7-1-5(10(16)6(3-13)4-14)2-8(12)9(7)15(17)18/h1-2,16H. The third kappa shape index (κ3) is 2.23. The van der Waals surface area contributed by atoms with Crippen LogP contribution in [0.15, 0.2) is 17.7 Å². The summed E-state index contributed by atoms with van der Waals surface area (Å²) in [6, 6.07) is 3.56. The highest BCUT2D eigenvalue weighted by atomic mass is 19.1. The fourth-order valence-electron chi connectivity index (χ4n) is 1.15. The normalized spacial score (nSPS) is 9.11. The Labute approximate surface area is 98.8 Å². The summed E-state index contributed by atoms with van der Waals surface area (Å²) in [5.41, 5.74) is -2.67. The molecule has 0 aliphatic carbocycles. The summed E-state index contributed by atoms with van der Waals surface area (Å²) in [6.45, 7) is 0. The van der Waals surface area contributed by atoms with Gasteiger partial charge in [0, 0.05) is 5.56 Å². The van der Waals surface area contributed by atoms with Crippen molar-refractivity contribution in [2.45, 2.75) is 0 Å². The van der Waals surface area contributed by atoms with Crippen molar-refractivity contribution in [2.75, 3.05) is 0 Å². The first-order chi connectivity index (χ1) is 8.42. The average Bonchev–Trinajstić information content (AvgIpc) is 2.28. The molecule has 90 valence electrons. The monoisotopic (exact) mass is 251 g/mol. The molecule has 0 unspecified atom stereocenters. The Morgan fingerprint density at radius 1 is 1.28 bits per heavy atom. The summed E-state index contributed by atoms with van der Waals surface area (Å²) in [7, 11) is 0. The minimum Gasteiger partial charge on any atom is -0.505 e. The summed E-state index contributed by atoms with van der Waals surface area (Å²) in [5, 5.41) is 36.6. The van der Waals surface area contributed by atoms with Crippen LogP contribution in [0.4, 0.5) is 14.5 Å². The molecular formula is C10H3F2N3O3. The van der Waals surface area contributed by atoms with Crippen LogP contribution >= 0.6 is 0 Å². The SMILES string of the molecule is N#CC(C#N)=C(O)c1cc(F)c([N+](=O)[O-])c(F)c1. The van der Waals surface area contributed by atoms with Crippen LogP contribution in [0.5, 0.6) is 0 Å². The lowest BCUT2D eigenvalue weighted by Crippen LogP contribution is -1.99. The molecule has 0 amide bonds. The van der Waals surface area contributed by atoms with Crippen LogP contribution in [-0.2, 0) is 0 Å². The number of nitriles is 2. The minimum atomic E-state index is -1.52. The molecule has 0 saturated carbocycles. The van der Waals surface area contributed by atoms with Crippen molar-refractivity contribution in [1.82, 2.24) is 0 Å². The van der Waals surface area contributed by atoms with Gasteiger partial charge in [-0.05, 0) is 12.1 Å². The van der Waals surface area contributed by atoms with Gasteiger partial charge in [0.2, 0.25) is 11.6 Å². The van der Waals surface area contributed by atoms with Gasteiger partial charge in [-0.1, -0.05) is 0 Å². The second-order valence-electron chi connectivity index (χ2n) is 2.99. The average molecular weight is 251 g/mol. The van der Waals surface area contributed by atoms with Crippen molar-refractivity contribution in [3.63, 3.8) is 0 Å². The highest BCUT2D eigenvalue weighted by Gasteiger charge is 2.23. The van der Waals surface area contributed by atoms with Crippen LogP contribution in [0.3, 0.4) is 0 Å². The van der Waals surface area contributed by atoms with E-state index in [1.54, 1.807) is 0 Å². The molecule has 1 N–H and O–H groups in total. The third-order valence-corrected chi connectivity index (χ3v) is 1.93. The summed E-state index contributed by atoms with van der Waals surface area (Å²) in [6.07, 6.45) is 0. The van der Waals surface area contributed by atoms with E-state index in [-0.39, 0.29) is 0 Å². The van der Waals surface area contributed by atoms with Crippen molar-refractivity contribution >= 4 is 11.4 Å². The second-order valence-corrected chi connectivity index (χ2v) is 2.99. The Bertz CT molecular complexity index is 602. The molecule has 0 aliphatic rings. The molecule has 0 fully saturated rings. The Balaban J connectivity index is 3.51. The number of benzene rings is 1. The van der Waals surface area contributed by atoms with Gasteiger partial charge in [-0.25, -0.2) is 0 Å². The molecule has 0 saturated heterocycles. The number of aliphatic hydroxyl groups is 1. The van der Waals surface area contributed by atoms with Crippen LogP contribution in [0.25, 0.3) is 5.76 Å². The lowest BCUT2D eigenvalue weighted by atomic mass is 10.1. The lowest BCUT2D eigenvalue weighted by Gasteiger charge is -2.02. The Morgan fingerprint density at radius 3 is 2.06 bits per heavy atom. The van der Waals surface area contributed by atoms with Crippen LogP contribution in [-0.4, -0.2) is 10.0 Å². The largest absolute Gasteiger partial charge is 0.505 e. The van der Waals surface area contributed by atoms with Crippen molar-refractivity contribution in [3.8, 4) is 12.1 Å². The van der Waals surface area contributed by atoms with Crippen LogP contribution in [0.2, 0.25) is 0 Å². The van der Waals surface area contributed by atoms with E-state index >= 15 is 0 Å². The lowest BCUT2D eigenvalue weighted by molar-refractivity contribution is -0.390. The molecule has 0 heterocycles. The third-order valence-electron chi connectivity index (χ3n) is 1.93. The molecule has 0 spiro atoms. The van der Waals surface area contributed by atoms with E-state index in [0.717, 1.165) is 0 Å². The molecule has 0 aromatic heterocycles.